The second-order valence-corrected chi connectivity index (χ2v) is 6.75. The largest absolute Gasteiger partial charge is 0.477 e. The number of nitrogens with zero attached hydrogens (tertiary/aromatic N) is 1. The third-order valence-electron chi connectivity index (χ3n) is 3.66. The van der Waals surface area contributed by atoms with Gasteiger partial charge in [-0.2, -0.15) is 0 Å². The number of carbonyl (C=O) groups is 2. The Labute approximate surface area is 143 Å². The van der Waals surface area contributed by atoms with Crippen LogP contribution in [0.2, 0.25) is 0 Å². The van der Waals surface area contributed by atoms with Gasteiger partial charge in [-0.1, -0.05) is 19.1 Å². The van der Waals surface area contributed by atoms with Crippen molar-refractivity contribution < 1.29 is 19.1 Å². The summed E-state index contributed by atoms with van der Waals surface area (Å²) in [7, 11) is 0. The Morgan fingerprint density at radius 1 is 1.38 bits per heavy atom. The standard InChI is InChI=1S/C17H19FN2O3S/c1-9(12-5-4-6-13(18)8-12)7-14(21)19-11(3)16-20-10(2)15(24-16)17(22)23/h4-6,8-9,11H,7H2,1-3H3,(H,19,21)(H,22,23). The highest BCUT2D eigenvalue weighted by Gasteiger charge is 2.20. The van der Waals surface area contributed by atoms with Gasteiger partial charge in [0.2, 0.25) is 5.91 Å². The van der Waals surface area contributed by atoms with Crippen LogP contribution >= 0.6 is 11.3 Å². The minimum absolute atomic E-state index is 0.125. The van der Waals surface area contributed by atoms with Gasteiger partial charge in [0.05, 0.1) is 11.7 Å². The maximum Gasteiger partial charge on any atom is 0.347 e. The molecule has 0 spiro atoms. The molecular weight excluding hydrogens is 331 g/mol. The molecule has 2 atom stereocenters. The number of aryl methyl sites for hydroxylation is 1. The molecule has 0 fully saturated rings. The van der Waals surface area contributed by atoms with Gasteiger partial charge in [-0.05, 0) is 37.5 Å². The molecule has 5 nitrogen and oxygen atoms in total. The minimum atomic E-state index is -1.02. The van der Waals surface area contributed by atoms with Crippen LogP contribution in [0.3, 0.4) is 0 Å². The van der Waals surface area contributed by atoms with Crippen molar-refractivity contribution in [3.63, 3.8) is 0 Å². The van der Waals surface area contributed by atoms with Gasteiger partial charge in [0, 0.05) is 6.42 Å². The average molecular weight is 350 g/mol. The predicted octanol–water partition coefficient (Wildman–Crippen LogP) is 3.66. The topological polar surface area (TPSA) is 79.3 Å². The van der Waals surface area contributed by atoms with Gasteiger partial charge in [-0.25, -0.2) is 14.2 Å². The molecule has 1 aromatic heterocycles. The Kier molecular flexibility index (Phi) is 5.66. The molecule has 0 bridgehead atoms. The Hall–Kier alpha value is -2.28. The predicted molar refractivity (Wildman–Crippen MR) is 89.8 cm³/mol. The number of aromatic nitrogens is 1. The molecule has 0 aliphatic rings. The number of benzene rings is 1. The Morgan fingerprint density at radius 3 is 2.67 bits per heavy atom. The number of aromatic carboxylic acids is 1. The highest BCUT2D eigenvalue weighted by molar-refractivity contribution is 7.13. The van der Waals surface area contributed by atoms with E-state index >= 15 is 0 Å². The molecule has 1 heterocycles. The van der Waals surface area contributed by atoms with Crippen LogP contribution in [0.15, 0.2) is 24.3 Å². The van der Waals surface area contributed by atoms with E-state index in [1.807, 2.05) is 6.92 Å². The zero-order chi connectivity index (χ0) is 17.9. The van der Waals surface area contributed by atoms with Gasteiger partial charge < -0.3 is 10.4 Å². The number of rotatable bonds is 6. The first-order valence-electron chi connectivity index (χ1n) is 7.53. The van der Waals surface area contributed by atoms with Gasteiger partial charge in [-0.3, -0.25) is 4.79 Å². The highest BCUT2D eigenvalue weighted by atomic mass is 32.1. The van der Waals surface area contributed by atoms with Crippen LogP contribution in [0.25, 0.3) is 0 Å². The molecule has 0 saturated heterocycles. The maximum atomic E-state index is 13.2. The third kappa shape index (κ3) is 4.38. The first kappa shape index (κ1) is 18.1. The quantitative estimate of drug-likeness (QED) is 0.833. The summed E-state index contributed by atoms with van der Waals surface area (Å²) >= 11 is 1.06. The van der Waals surface area contributed by atoms with Gasteiger partial charge in [0.25, 0.3) is 0 Å². The van der Waals surface area contributed by atoms with Crippen molar-refractivity contribution >= 4 is 23.2 Å². The van der Waals surface area contributed by atoms with E-state index in [-0.39, 0.29) is 35.0 Å². The lowest BCUT2D eigenvalue weighted by Crippen LogP contribution is -2.27. The number of nitrogens with one attached hydrogen (secondary N) is 1. The summed E-state index contributed by atoms with van der Waals surface area (Å²) in [6.45, 7) is 5.24. The van der Waals surface area contributed by atoms with E-state index in [1.165, 1.54) is 12.1 Å². The first-order valence-corrected chi connectivity index (χ1v) is 8.35. The second kappa shape index (κ2) is 7.53. The van der Waals surface area contributed by atoms with E-state index < -0.39 is 5.97 Å². The molecule has 1 amide bonds. The van der Waals surface area contributed by atoms with Crippen molar-refractivity contribution in [2.75, 3.05) is 0 Å². The zero-order valence-corrected chi connectivity index (χ0v) is 14.5. The van der Waals surface area contributed by atoms with E-state index in [0.717, 1.165) is 16.9 Å². The molecule has 2 aromatic rings. The summed E-state index contributed by atoms with van der Waals surface area (Å²) in [6, 6.07) is 5.81. The summed E-state index contributed by atoms with van der Waals surface area (Å²) in [5.74, 6) is -1.66. The fraction of sp³-hybridized carbons (Fsp3) is 0.353. The number of carbonyl (C=O) groups excluding carboxylic acids is 1. The van der Waals surface area contributed by atoms with Crippen LogP contribution in [0.1, 0.15) is 58.2 Å². The molecule has 0 aliphatic heterocycles. The Balaban J connectivity index is 1.99. The van der Waals surface area contributed by atoms with Crippen LogP contribution in [0, 0.1) is 12.7 Å². The number of hydrogen-bond donors (Lipinski definition) is 2. The van der Waals surface area contributed by atoms with Crippen molar-refractivity contribution in [1.29, 1.82) is 0 Å². The lowest BCUT2D eigenvalue weighted by Gasteiger charge is -2.15. The number of carboxylic acid groups (broad SMARTS) is 1. The van der Waals surface area contributed by atoms with Gasteiger partial charge in [0.15, 0.2) is 0 Å². The highest BCUT2D eigenvalue weighted by Crippen LogP contribution is 2.24. The van der Waals surface area contributed by atoms with E-state index in [0.29, 0.717) is 10.7 Å². The van der Waals surface area contributed by atoms with Gasteiger partial charge in [0.1, 0.15) is 15.7 Å². The molecular formula is C17H19FN2O3S. The van der Waals surface area contributed by atoms with Crippen LogP contribution < -0.4 is 5.32 Å². The van der Waals surface area contributed by atoms with Crippen LogP contribution in [0.4, 0.5) is 4.39 Å². The van der Waals surface area contributed by atoms with Crippen molar-refractivity contribution in [3.8, 4) is 0 Å². The molecule has 2 unspecified atom stereocenters. The molecule has 128 valence electrons. The second-order valence-electron chi connectivity index (χ2n) is 5.72. The smallest absolute Gasteiger partial charge is 0.347 e. The van der Waals surface area contributed by atoms with Gasteiger partial charge in [-0.15, -0.1) is 11.3 Å². The van der Waals surface area contributed by atoms with Crippen LogP contribution in [0.5, 0.6) is 0 Å². The van der Waals surface area contributed by atoms with Crippen molar-refractivity contribution in [2.45, 2.75) is 39.2 Å². The number of halogens is 1. The summed E-state index contributed by atoms with van der Waals surface area (Å²) in [6.07, 6.45) is 0.212. The molecule has 0 radical (unpaired) electrons. The van der Waals surface area contributed by atoms with Crippen molar-refractivity contribution in [2.24, 2.45) is 0 Å². The van der Waals surface area contributed by atoms with Crippen LogP contribution in [-0.2, 0) is 4.79 Å². The normalized spacial score (nSPS) is 13.3. The molecule has 24 heavy (non-hydrogen) atoms. The Morgan fingerprint density at radius 2 is 2.08 bits per heavy atom. The molecule has 2 N–H and O–H groups in total. The summed E-state index contributed by atoms with van der Waals surface area (Å²) in [4.78, 5) is 27.6. The lowest BCUT2D eigenvalue weighted by atomic mass is 9.97. The number of carboxylic acids is 1. The van der Waals surface area contributed by atoms with E-state index in [1.54, 1.807) is 26.0 Å². The Bertz CT molecular complexity index is 760. The summed E-state index contributed by atoms with van der Waals surface area (Å²) in [5.41, 5.74) is 1.20. The average Bonchev–Trinajstić information content (AvgIpc) is 2.89. The van der Waals surface area contributed by atoms with Crippen molar-refractivity contribution in [3.05, 3.63) is 51.2 Å². The third-order valence-corrected chi connectivity index (χ3v) is 4.99. The fourth-order valence-corrected chi connectivity index (χ4v) is 3.28. The molecule has 2 rings (SSSR count). The van der Waals surface area contributed by atoms with E-state index in [9.17, 15) is 14.0 Å². The lowest BCUT2D eigenvalue weighted by molar-refractivity contribution is -0.122. The number of hydrogen-bond acceptors (Lipinski definition) is 4. The number of thiazole rings is 1. The van der Waals surface area contributed by atoms with E-state index in [4.69, 9.17) is 5.11 Å². The van der Waals surface area contributed by atoms with Crippen LogP contribution in [-0.4, -0.2) is 22.0 Å². The fourth-order valence-electron chi connectivity index (χ4n) is 2.37. The SMILES string of the molecule is Cc1nc(C(C)NC(=O)CC(C)c2cccc(F)c2)sc1C(=O)O. The summed E-state index contributed by atoms with van der Waals surface area (Å²) < 4.78 is 13.2. The van der Waals surface area contributed by atoms with Crippen molar-refractivity contribution in [1.82, 2.24) is 10.3 Å². The zero-order valence-electron chi connectivity index (χ0n) is 13.7. The maximum absolute atomic E-state index is 13.2. The number of amides is 1. The first-order chi connectivity index (χ1) is 11.3. The monoisotopic (exact) mass is 350 g/mol. The molecule has 1 aromatic carbocycles. The van der Waals surface area contributed by atoms with E-state index in [2.05, 4.69) is 10.3 Å². The summed E-state index contributed by atoms with van der Waals surface area (Å²) in [5, 5.41) is 12.4. The van der Waals surface area contributed by atoms with Gasteiger partial charge >= 0.3 is 5.97 Å². The molecule has 0 aliphatic carbocycles. The molecule has 7 heteroatoms. The molecule has 0 saturated carbocycles. The minimum Gasteiger partial charge on any atom is -0.477 e.